The topological polar surface area (TPSA) is 61.0 Å². The third-order valence-corrected chi connectivity index (χ3v) is 3.35. The molecule has 100 valence electrons. The summed E-state index contributed by atoms with van der Waals surface area (Å²) >= 11 is 3.26. The molecule has 0 amide bonds. The zero-order chi connectivity index (χ0) is 13.8. The average Bonchev–Trinajstić information content (AvgIpc) is 2.79. The maximum Gasteiger partial charge on any atom is 0.275 e. The molecule has 2 rings (SSSR count). The van der Waals surface area contributed by atoms with E-state index in [9.17, 15) is 10.1 Å². The fraction of sp³-hybridized carbons (Fsp3) is 0.308. The van der Waals surface area contributed by atoms with Crippen molar-refractivity contribution in [2.75, 3.05) is 0 Å². The molecule has 0 spiro atoms. The Balaban J connectivity index is 2.32. The summed E-state index contributed by atoms with van der Waals surface area (Å²) in [6.07, 6.45) is 5.46. The van der Waals surface area contributed by atoms with Gasteiger partial charge in [0.15, 0.2) is 0 Å². The van der Waals surface area contributed by atoms with Crippen LogP contribution >= 0.6 is 15.9 Å². The normalized spacial score (nSPS) is 10.6. The van der Waals surface area contributed by atoms with Gasteiger partial charge in [-0.3, -0.25) is 10.1 Å². The molecule has 0 unspecified atom stereocenters. The van der Waals surface area contributed by atoms with Crippen molar-refractivity contribution in [3.63, 3.8) is 0 Å². The number of aryl methyl sites for hydroxylation is 1. The fourth-order valence-electron chi connectivity index (χ4n) is 1.96. The molecule has 2 aromatic rings. The van der Waals surface area contributed by atoms with Crippen LogP contribution in [-0.4, -0.2) is 14.5 Å². The van der Waals surface area contributed by atoms with Gasteiger partial charge in [0.25, 0.3) is 5.69 Å². The summed E-state index contributed by atoms with van der Waals surface area (Å²) in [5, 5.41) is 11.1. The molecule has 1 heterocycles. The van der Waals surface area contributed by atoms with E-state index in [1.807, 2.05) is 16.8 Å². The highest BCUT2D eigenvalue weighted by Crippen LogP contribution is 2.24. The number of nitrogens with zero attached hydrogens (tertiary/aromatic N) is 3. The van der Waals surface area contributed by atoms with E-state index in [1.54, 1.807) is 12.3 Å². The van der Waals surface area contributed by atoms with Gasteiger partial charge in [0.05, 0.1) is 11.5 Å². The van der Waals surface area contributed by atoms with Gasteiger partial charge >= 0.3 is 0 Å². The number of imidazole rings is 1. The Kier molecular flexibility index (Phi) is 4.31. The Morgan fingerprint density at radius 3 is 2.95 bits per heavy atom. The van der Waals surface area contributed by atoms with Crippen LogP contribution in [0.15, 0.2) is 35.1 Å². The maximum atomic E-state index is 11.1. The predicted octanol–water partition coefficient (Wildman–Crippen LogP) is 3.55. The first-order chi connectivity index (χ1) is 9.11. The van der Waals surface area contributed by atoms with Crippen molar-refractivity contribution in [1.82, 2.24) is 9.55 Å². The molecular weight excluding hydrogens is 310 g/mol. The van der Waals surface area contributed by atoms with E-state index < -0.39 is 0 Å². The summed E-state index contributed by atoms with van der Waals surface area (Å²) in [6, 6.07) is 5.13. The lowest BCUT2D eigenvalue weighted by Crippen LogP contribution is -2.06. The molecule has 0 aliphatic heterocycles. The lowest BCUT2D eigenvalue weighted by Gasteiger charge is -2.08. The number of nitro benzene ring substituents is 1. The molecule has 1 aromatic carbocycles. The van der Waals surface area contributed by atoms with Crippen LogP contribution in [0.3, 0.4) is 0 Å². The van der Waals surface area contributed by atoms with E-state index in [0.717, 1.165) is 18.7 Å². The second-order valence-electron chi connectivity index (χ2n) is 4.25. The van der Waals surface area contributed by atoms with Crippen molar-refractivity contribution >= 4 is 21.6 Å². The zero-order valence-electron chi connectivity index (χ0n) is 10.5. The molecule has 0 fully saturated rings. The van der Waals surface area contributed by atoms with Gasteiger partial charge in [-0.25, -0.2) is 4.98 Å². The Morgan fingerprint density at radius 1 is 1.47 bits per heavy atom. The molecule has 0 saturated heterocycles. The number of benzene rings is 1. The van der Waals surface area contributed by atoms with Crippen molar-refractivity contribution < 1.29 is 4.92 Å². The van der Waals surface area contributed by atoms with Crippen LogP contribution in [0.4, 0.5) is 5.69 Å². The molecule has 0 atom stereocenters. The van der Waals surface area contributed by atoms with Crippen LogP contribution in [0.2, 0.25) is 0 Å². The third kappa shape index (κ3) is 3.20. The molecule has 0 aliphatic rings. The van der Waals surface area contributed by atoms with E-state index in [-0.39, 0.29) is 10.6 Å². The Morgan fingerprint density at radius 2 is 2.26 bits per heavy atom. The minimum Gasteiger partial charge on any atom is -0.330 e. The molecule has 0 bridgehead atoms. The monoisotopic (exact) mass is 323 g/mol. The Bertz CT molecular complexity index is 595. The standard InChI is InChI=1S/C13H14BrN3O2/c1-2-3-13-15-6-7-16(13)9-10-4-5-11(14)8-12(10)17(18)19/h4-8H,2-3,9H2,1H3. The van der Waals surface area contributed by atoms with E-state index in [0.29, 0.717) is 16.6 Å². The van der Waals surface area contributed by atoms with Crippen LogP contribution < -0.4 is 0 Å². The number of aromatic nitrogens is 2. The first-order valence-electron chi connectivity index (χ1n) is 6.04. The van der Waals surface area contributed by atoms with Crippen LogP contribution in [0.1, 0.15) is 24.7 Å². The summed E-state index contributed by atoms with van der Waals surface area (Å²) in [6.45, 7) is 2.56. The van der Waals surface area contributed by atoms with Crippen LogP contribution in [0.25, 0.3) is 0 Å². The van der Waals surface area contributed by atoms with E-state index in [1.165, 1.54) is 6.07 Å². The molecule has 0 aliphatic carbocycles. The second-order valence-corrected chi connectivity index (χ2v) is 5.17. The summed E-state index contributed by atoms with van der Waals surface area (Å²) in [4.78, 5) is 15.0. The molecular formula is C13H14BrN3O2. The minimum atomic E-state index is -0.351. The highest BCUT2D eigenvalue weighted by Gasteiger charge is 2.15. The van der Waals surface area contributed by atoms with E-state index in [2.05, 4.69) is 27.8 Å². The second kappa shape index (κ2) is 5.97. The Hall–Kier alpha value is -1.69. The van der Waals surface area contributed by atoms with Crippen LogP contribution in [-0.2, 0) is 13.0 Å². The SMILES string of the molecule is CCCc1nccn1Cc1ccc(Br)cc1[N+](=O)[O-]. The number of rotatable bonds is 5. The minimum absolute atomic E-state index is 0.130. The molecule has 19 heavy (non-hydrogen) atoms. The molecule has 0 radical (unpaired) electrons. The van der Waals surface area contributed by atoms with Crippen LogP contribution in [0.5, 0.6) is 0 Å². The molecule has 6 heteroatoms. The largest absolute Gasteiger partial charge is 0.330 e. The smallest absolute Gasteiger partial charge is 0.275 e. The molecule has 0 N–H and O–H groups in total. The summed E-state index contributed by atoms with van der Waals surface area (Å²) in [5.74, 6) is 0.958. The molecule has 0 saturated carbocycles. The van der Waals surface area contributed by atoms with Crippen molar-refractivity contribution in [1.29, 1.82) is 0 Å². The van der Waals surface area contributed by atoms with Gasteiger partial charge in [0.1, 0.15) is 5.82 Å². The summed E-state index contributed by atoms with van der Waals surface area (Å²) in [7, 11) is 0. The fourth-order valence-corrected chi connectivity index (χ4v) is 2.31. The van der Waals surface area contributed by atoms with Gasteiger partial charge in [-0.05, 0) is 18.6 Å². The van der Waals surface area contributed by atoms with Gasteiger partial charge < -0.3 is 4.57 Å². The van der Waals surface area contributed by atoms with Gasteiger partial charge in [-0.15, -0.1) is 0 Å². The first kappa shape index (κ1) is 13.7. The van der Waals surface area contributed by atoms with Crippen molar-refractivity contribution in [3.05, 3.63) is 56.6 Å². The van der Waals surface area contributed by atoms with Crippen molar-refractivity contribution in [2.45, 2.75) is 26.3 Å². The van der Waals surface area contributed by atoms with Gasteiger partial charge in [0.2, 0.25) is 0 Å². The number of hydrogen-bond donors (Lipinski definition) is 0. The summed E-state index contributed by atoms with van der Waals surface area (Å²) < 4.78 is 2.67. The van der Waals surface area contributed by atoms with Gasteiger partial charge in [-0.1, -0.05) is 22.9 Å². The molecule has 5 nitrogen and oxygen atoms in total. The van der Waals surface area contributed by atoms with Gasteiger partial charge in [0, 0.05) is 34.9 Å². The third-order valence-electron chi connectivity index (χ3n) is 2.86. The first-order valence-corrected chi connectivity index (χ1v) is 6.84. The van der Waals surface area contributed by atoms with Gasteiger partial charge in [-0.2, -0.15) is 0 Å². The average molecular weight is 324 g/mol. The zero-order valence-corrected chi connectivity index (χ0v) is 12.1. The lowest BCUT2D eigenvalue weighted by molar-refractivity contribution is -0.385. The predicted molar refractivity (Wildman–Crippen MR) is 76.1 cm³/mol. The number of halogens is 1. The highest BCUT2D eigenvalue weighted by atomic mass is 79.9. The lowest BCUT2D eigenvalue weighted by atomic mass is 10.2. The Labute approximate surface area is 119 Å². The van der Waals surface area contributed by atoms with E-state index in [4.69, 9.17) is 0 Å². The van der Waals surface area contributed by atoms with Crippen molar-refractivity contribution in [3.8, 4) is 0 Å². The van der Waals surface area contributed by atoms with Crippen molar-refractivity contribution in [2.24, 2.45) is 0 Å². The summed E-state index contributed by atoms with van der Waals surface area (Å²) in [5.41, 5.74) is 0.814. The number of hydrogen-bond acceptors (Lipinski definition) is 3. The highest BCUT2D eigenvalue weighted by molar-refractivity contribution is 9.10. The quantitative estimate of drug-likeness (QED) is 0.624. The van der Waals surface area contributed by atoms with Crippen LogP contribution in [0, 0.1) is 10.1 Å². The number of nitro groups is 1. The maximum absolute atomic E-state index is 11.1. The molecule has 1 aromatic heterocycles. The van der Waals surface area contributed by atoms with E-state index >= 15 is 0 Å².